The van der Waals surface area contributed by atoms with Gasteiger partial charge in [0.2, 0.25) is 0 Å². The van der Waals surface area contributed by atoms with Gasteiger partial charge in [-0.05, 0) is 17.7 Å². The highest BCUT2D eigenvalue weighted by atomic mass is 19.1. The van der Waals surface area contributed by atoms with E-state index in [-0.39, 0.29) is 19.0 Å². The summed E-state index contributed by atoms with van der Waals surface area (Å²) in [5, 5.41) is 8.55. The second kappa shape index (κ2) is 5.38. The summed E-state index contributed by atoms with van der Waals surface area (Å²) in [7, 11) is 0. The molecule has 0 aliphatic heterocycles. The molecule has 74 valence electrons. The molecule has 0 saturated carbocycles. The van der Waals surface area contributed by atoms with Crippen LogP contribution in [-0.2, 0) is 4.74 Å². The van der Waals surface area contributed by atoms with Gasteiger partial charge in [0.1, 0.15) is 11.9 Å². The summed E-state index contributed by atoms with van der Waals surface area (Å²) >= 11 is 0. The van der Waals surface area contributed by atoms with Crippen molar-refractivity contribution in [1.29, 1.82) is 0 Å². The van der Waals surface area contributed by atoms with Crippen LogP contribution in [0.2, 0.25) is 0 Å². The first kappa shape index (κ1) is 10.7. The van der Waals surface area contributed by atoms with Crippen molar-refractivity contribution in [2.24, 2.45) is 0 Å². The van der Waals surface area contributed by atoms with Crippen LogP contribution in [0, 0.1) is 18.2 Å². The number of terminal acetylenes is 1. The van der Waals surface area contributed by atoms with Crippen molar-refractivity contribution in [3.05, 3.63) is 35.6 Å². The van der Waals surface area contributed by atoms with E-state index in [0.717, 1.165) is 0 Å². The lowest BCUT2D eigenvalue weighted by atomic mass is 10.1. The second-order valence-corrected chi connectivity index (χ2v) is 2.69. The summed E-state index contributed by atoms with van der Waals surface area (Å²) in [6.07, 6.45) is 4.71. The first-order valence-corrected chi connectivity index (χ1v) is 4.22. The zero-order chi connectivity index (χ0) is 10.4. The maximum atomic E-state index is 12.6. The van der Waals surface area contributed by atoms with Crippen LogP contribution in [0.3, 0.4) is 0 Å². The van der Waals surface area contributed by atoms with Gasteiger partial charge >= 0.3 is 0 Å². The van der Waals surface area contributed by atoms with E-state index in [4.69, 9.17) is 16.3 Å². The van der Waals surface area contributed by atoms with Crippen LogP contribution < -0.4 is 0 Å². The third kappa shape index (κ3) is 2.84. The highest BCUT2D eigenvalue weighted by Crippen LogP contribution is 2.16. The molecule has 0 aliphatic rings. The molecular formula is C11H11FO2. The Bertz CT molecular complexity index is 313. The maximum absolute atomic E-state index is 12.6. The summed E-state index contributed by atoms with van der Waals surface area (Å²) in [6, 6.07) is 5.78. The first-order chi connectivity index (χ1) is 6.77. The van der Waals surface area contributed by atoms with Gasteiger partial charge in [0, 0.05) is 0 Å². The average Bonchev–Trinajstić information content (AvgIpc) is 2.21. The van der Waals surface area contributed by atoms with Gasteiger partial charge in [0.15, 0.2) is 0 Å². The lowest BCUT2D eigenvalue weighted by molar-refractivity contribution is 0.0592. The number of benzene rings is 1. The Morgan fingerprint density at radius 2 is 2.07 bits per heavy atom. The van der Waals surface area contributed by atoms with Gasteiger partial charge in [-0.1, -0.05) is 18.1 Å². The summed E-state index contributed by atoms with van der Waals surface area (Å²) in [5.74, 6) is 2.10. The second-order valence-electron chi connectivity index (χ2n) is 2.69. The van der Waals surface area contributed by atoms with Crippen LogP contribution in [0.15, 0.2) is 24.3 Å². The van der Waals surface area contributed by atoms with Gasteiger partial charge in [-0.3, -0.25) is 0 Å². The molecule has 0 fully saturated rings. The average molecular weight is 194 g/mol. The molecule has 0 amide bonds. The number of halogens is 1. The zero-order valence-corrected chi connectivity index (χ0v) is 7.61. The third-order valence-corrected chi connectivity index (χ3v) is 1.70. The predicted octanol–water partition coefficient (Wildman–Crippen LogP) is 1.51. The van der Waals surface area contributed by atoms with Crippen molar-refractivity contribution in [2.75, 3.05) is 13.2 Å². The van der Waals surface area contributed by atoms with Gasteiger partial charge in [-0.2, -0.15) is 0 Å². The number of aliphatic hydroxyl groups is 1. The fourth-order valence-corrected chi connectivity index (χ4v) is 1.05. The first-order valence-electron chi connectivity index (χ1n) is 4.22. The Labute approximate surface area is 82.3 Å². The van der Waals surface area contributed by atoms with Gasteiger partial charge in [0.05, 0.1) is 13.2 Å². The van der Waals surface area contributed by atoms with E-state index in [1.807, 2.05) is 0 Å². The van der Waals surface area contributed by atoms with E-state index in [1.165, 1.54) is 12.1 Å². The fourth-order valence-electron chi connectivity index (χ4n) is 1.05. The highest BCUT2D eigenvalue weighted by Gasteiger charge is 2.07. The predicted molar refractivity (Wildman–Crippen MR) is 51.0 cm³/mol. The lowest BCUT2D eigenvalue weighted by Gasteiger charge is -2.11. The number of hydrogen-bond donors (Lipinski definition) is 1. The van der Waals surface area contributed by atoms with Crippen molar-refractivity contribution < 1.29 is 14.2 Å². The summed E-state index contributed by atoms with van der Waals surface area (Å²) in [6.45, 7) is 0.0889. The Kier molecular flexibility index (Phi) is 4.11. The summed E-state index contributed by atoms with van der Waals surface area (Å²) < 4.78 is 17.7. The molecule has 0 radical (unpaired) electrons. The topological polar surface area (TPSA) is 29.5 Å². The molecule has 2 nitrogen and oxygen atoms in total. The molecule has 3 heteroatoms. The van der Waals surface area contributed by atoms with Crippen molar-refractivity contribution in [2.45, 2.75) is 6.10 Å². The Hall–Kier alpha value is -1.37. The number of rotatable bonds is 4. The van der Waals surface area contributed by atoms with Gasteiger partial charge in [0.25, 0.3) is 0 Å². The minimum Gasteiger partial charge on any atom is -0.394 e. The van der Waals surface area contributed by atoms with Gasteiger partial charge in [-0.25, -0.2) is 4.39 Å². The van der Waals surface area contributed by atoms with Crippen LogP contribution in [0.4, 0.5) is 4.39 Å². The SMILES string of the molecule is C#CC(OCCO)c1ccc(F)cc1. The van der Waals surface area contributed by atoms with Crippen LogP contribution in [-0.4, -0.2) is 18.3 Å². The molecule has 0 bridgehead atoms. The van der Waals surface area contributed by atoms with Gasteiger partial charge in [-0.15, -0.1) is 6.42 Å². The van der Waals surface area contributed by atoms with E-state index >= 15 is 0 Å². The van der Waals surface area contributed by atoms with Gasteiger partial charge < -0.3 is 9.84 Å². The van der Waals surface area contributed by atoms with Crippen molar-refractivity contribution in [1.82, 2.24) is 0 Å². The van der Waals surface area contributed by atoms with E-state index in [2.05, 4.69) is 5.92 Å². The molecule has 1 atom stereocenters. The molecule has 1 N–H and O–H groups in total. The van der Waals surface area contributed by atoms with Crippen molar-refractivity contribution in [3.8, 4) is 12.3 Å². The largest absolute Gasteiger partial charge is 0.394 e. The number of aliphatic hydroxyl groups excluding tert-OH is 1. The summed E-state index contributed by atoms with van der Waals surface area (Å²) in [5.41, 5.74) is 0.711. The minimum absolute atomic E-state index is 0.0840. The monoisotopic (exact) mass is 194 g/mol. The molecule has 1 unspecified atom stereocenters. The van der Waals surface area contributed by atoms with E-state index in [0.29, 0.717) is 5.56 Å². The number of hydrogen-bond acceptors (Lipinski definition) is 2. The minimum atomic E-state index is -0.525. The fraction of sp³-hybridized carbons (Fsp3) is 0.273. The third-order valence-electron chi connectivity index (χ3n) is 1.70. The number of ether oxygens (including phenoxy) is 1. The van der Waals surface area contributed by atoms with Crippen LogP contribution in [0.25, 0.3) is 0 Å². The Balaban J connectivity index is 2.70. The molecule has 0 aliphatic carbocycles. The molecule has 1 aromatic carbocycles. The van der Waals surface area contributed by atoms with E-state index < -0.39 is 6.10 Å². The lowest BCUT2D eigenvalue weighted by Crippen LogP contribution is -2.05. The van der Waals surface area contributed by atoms with E-state index in [1.54, 1.807) is 12.1 Å². The zero-order valence-electron chi connectivity index (χ0n) is 7.61. The summed E-state index contributed by atoms with van der Waals surface area (Å²) in [4.78, 5) is 0. The molecule has 0 heterocycles. The van der Waals surface area contributed by atoms with Crippen LogP contribution >= 0.6 is 0 Å². The maximum Gasteiger partial charge on any atom is 0.143 e. The molecular weight excluding hydrogens is 183 g/mol. The van der Waals surface area contributed by atoms with Crippen LogP contribution in [0.1, 0.15) is 11.7 Å². The molecule has 0 saturated heterocycles. The molecule has 1 aromatic rings. The molecule has 14 heavy (non-hydrogen) atoms. The molecule has 0 spiro atoms. The smallest absolute Gasteiger partial charge is 0.143 e. The Morgan fingerprint density at radius 3 is 2.57 bits per heavy atom. The van der Waals surface area contributed by atoms with Crippen molar-refractivity contribution >= 4 is 0 Å². The van der Waals surface area contributed by atoms with E-state index in [9.17, 15) is 4.39 Å². The Morgan fingerprint density at radius 1 is 1.43 bits per heavy atom. The molecule has 0 aromatic heterocycles. The van der Waals surface area contributed by atoms with Crippen molar-refractivity contribution in [3.63, 3.8) is 0 Å². The molecule has 1 rings (SSSR count). The normalized spacial score (nSPS) is 12.1. The quantitative estimate of drug-likeness (QED) is 0.736. The highest BCUT2D eigenvalue weighted by molar-refractivity contribution is 5.24. The van der Waals surface area contributed by atoms with Crippen LogP contribution in [0.5, 0.6) is 0 Å². The standard InChI is InChI=1S/C11H11FO2/c1-2-11(14-8-7-13)9-3-5-10(12)6-4-9/h1,3-6,11,13H,7-8H2.